The lowest BCUT2D eigenvalue weighted by atomic mass is 9.98. The van der Waals surface area contributed by atoms with Crippen molar-refractivity contribution in [3.8, 4) is 23.5 Å². The fourth-order valence-corrected chi connectivity index (χ4v) is 4.94. The zero-order valence-electron chi connectivity index (χ0n) is 25.0. The van der Waals surface area contributed by atoms with Crippen LogP contribution < -0.4 is 26.6 Å². The van der Waals surface area contributed by atoms with Gasteiger partial charge >= 0.3 is 6.09 Å². The molecule has 0 bridgehead atoms. The fourth-order valence-electron chi connectivity index (χ4n) is 4.94. The maximum Gasteiger partial charge on any atom is 0.407 e. The van der Waals surface area contributed by atoms with E-state index in [-0.39, 0.29) is 38.8 Å². The van der Waals surface area contributed by atoms with E-state index >= 15 is 0 Å². The molecule has 5 amide bonds. The quantitative estimate of drug-likeness (QED) is 0.0963. The van der Waals surface area contributed by atoms with Gasteiger partial charge in [0.2, 0.25) is 23.6 Å². The van der Waals surface area contributed by atoms with E-state index in [1.807, 2.05) is 54.6 Å². The first kappa shape index (κ1) is 33.2. The minimum atomic E-state index is -1.03. The van der Waals surface area contributed by atoms with Gasteiger partial charge in [-0.2, -0.15) is 0 Å². The van der Waals surface area contributed by atoms with Gasteiger partial charge in [-0.3, -0.25) is 19.2 Å². The second kappa shape index (κ2) is 17.0. The molecule has 46 heavy (non-hydrogen) atoms. The number of benzene rings is 3. The topological polar surface area (TPSA) is 164 Å². The fraction of sp³-hybridized carbons (Fsp3) is 0.265. The second-order valence-corrected chi connectivity index (χ2v) is 10.3. The summed E-state index contributed by atoms with van der Waals surface area (Å²) in [5.74, 6) is -0.237. The Morgan fingerprint density at radius 2 is 1.30 bits per heavy atom. The Morgan fingerprint density at radius 1 is 0.717 bits per heavy atom. The van der Waals surface area contributed by atoms with E-state index < -0.39 is 48.9 Å². The van der Waals surface area contributed by atoms with Crippen LogP contribution in [-0.4, -0.2) is 75.3 Å². The molecule has 12 nitrogen and oxygen atoms in total. The lowest BCUT2D eigenvalue weighted by Gasteiger charge is -2.19. The molecule has 1 atom stereocenters. The molecule has 1 unspecified atom stereocenters. The lowest BCUT2D eigenvalue weighted by Crippen LogP contribution is -2.52. The van der Waals surface area contributed by atoms with Crippen LogP contribution in [0.4, 0.5) is 4.79 Å². The molecule has 0 saturated carbocycles. The highest BCUT2D eigenvalue weighted by Gasteiger charge is 2.29. The lowest BCUT2D eigenvalue weighted by molar-refractivity contribution is -0.131. The summed E-state index contributed by atoms with van der Waals surface area (Å²) >= 11 is 0. The summed E-state index contributed by atoms with van der Waals surface area (Å²) in [6.45, 7) is -1.21. The first-order chi connectivity index (χ1) is 22.4. The first-order valence-electron chi connectivity index (χ1n) is 14.6. The molecule has 4 rings (SSSR count). The molecule has 0 heterocycles. The van der Waals surface area contributed by atoms with Crippen molar-refractivity contribution in [2.45, 2.75) is 18.4 Å². The predicted octanol–water partition coefficient (Wildman–Crippen LogP) is 1.21. The first-order valence-corrected chi connectivity index (χ1v) is 14.6. The van der Waals surface area contributed by atoms with Gasteiger partial charge in [0.25, 0.3) is 0 Å². The van der Waals surface area contributed by atoms with Gasteiger partial charge < -0.3 is 36.1 Å². The average molecular weight is 626 g/mol. The van der Waals surface area contributed by atoms with E-state index in [0.717, 1.165) is 27.8 Å². The van der Waals surface area contributed by atoms with Crippen molar-refractivity contribution in [3.05, 3.63) is 95.6 Å². The van der Waals surface area contributed by atoms with Crippen molar-refractivity contribution >= 4 is 29.7 Å². The maximum absolute atomic E-state index is 12.9. The predicted molar refractivity (Wildman–Crippen MR) is 169 cm³/mol. The Hall–Kier alpha value is -5.67. The number of nitrogens with one attached hydrogen (secondary N) is 5. The SMILES string of the molecule is C#CCOCNC(=O)CNC(=O)C(Cc1ccccc1)NC(=O)CNC(=O)CNC(=O)OCC1c2ccccc2-c2ccccc21. The second-order valence-electron chi connectivity index (χ2n) is 10.3. The molecular weight excluding hydrogens is 590 g/mol. The van der Waals surface area contributed by atoms with Gasteiger partial charge in [0, 0.05) is 12.3 Å². The molecule has 12 heteroatoms. The molecule has 3 aromatic carbocycles. The molecular formula is C34H35N5O7. The van der Waals surface area contributed by atoms with Crippen molar-refractivity contribution in [2.24, 2.45) is 0 Å². The van der Waals surface area contributed by atoms with Crippen LogP contribution in [0.25, 0.3) is 11.1 Å². The summed E-state index contributed by atoms with van der Waals surface area (Å²) in [4.78, 5) is 62.2. The third kappa shape index (κ3) is 9.67. The van der Waals surface area contributed by atoms with Gasteiger partial charge in [0.05, 0.1) is 13.1 Å². The molecule has 0 radical (unpaired) electrons. The number of terminal acetylenes is 1. The molecule has 0 saturated heterocycles. The zero-order chi connectivity index (χ0) is 32.7. The molecule has 0 aromatic heterocycles. The largest absolute Gasteiger partial charge is 0.449 e. The summed E-state index contributed by atoms with van der Waals surface area (Å²) in [6.07, 6.45) is 4.45. The van der Waals surface area contributed by atoms with Crippen LogP contribution in [0.2, 0.25) is 0 Å². The molecule has 1 aliphatic rings. The highest BCUT2D eigenvalue weighted by atomic mass is 16.5. The minimum Gasteiger partial charge on any atom is -0.449 e. The van der Waals surface area contributed by atoms with Gasteiger partial charge in [-0.25, -0.2) is 4.79 Å². The van der Waals surface area contributed by atoms with Crippen LogP contribution in [0.1, 0.15) is 22.6 Å². The van der Waals surface area contributed by atoms with Crippen molar-refractivity contribution in [1.29, 1.82) is 0 Å². The van der Waals surface area contributed by atoms with Gasteiger partial charge in [0.1, 0.15) is 32.5 Å². The Balaban J connectivity index is 1.20. The molecule has 3 aromatic rings. The number of carbonyl (C=O) groups excluding carboxylic acids is 5. The van der Waals surface area contributed by atoms with Crippen molar-refractivity contribution in [1.82, 2.24) is 26.6 Å². The van der Waals surface area contributed by atoms with Gasteiger partial charge in [0.15, 0.2) is 0 Å². The van der Waals surface area contributed by atoms with E-state index in [0.29, 0.717) is 0 Å². The third-order valence-corrected chi connectivity index (χ3v) is 7.10. The number of rotatable bonds is 15. The number of hydrogen-bond donors (Lipinski definition) is 5. The van der Waals surface area contributed by atoms with Crippen molar-refractivity contribution in [2.75, 3.05) is 39.6 Å². The Morgan fingerprint density at radius 3 is 1.98 bits per heavy atom. The summed E-state index contributed by atoms with van der Waals surface area (Å²) in [6, 6.07) is 23.8. The third-order valence-electron chi connectivity index (χ3n) is 7.10. The summed E-state index contributed by atoms with van der Waals surface area (Å²) < 4.78 is 10.4. The summed E-state index contributed by atoms with van der Waals surface area (Å²) in [5, 5.41) is 12.3. The van der Waals surface area contributed by atoms with Gasteiger partial charge in [-0.1, -0.05) is 84.8 Å². The smallest absolute Gasteiger partial charge is 0.407 e. The molecule has 238 valence electrons. The van der Waals surface area contributed by atoms with Crippen LogP contribution in [0.3, 0.4) is 0 Å². The zero-order valence-corrected chi connectivity index (χ0v) is 25.0. The van der Waals surface area contributed by atoms with Crippen molar-refractivity contribution in [3.63, 3.8) is 0 Å². The molecule has 5 N–H and O–H groups in total. The van der Waals surface area contributed by atoms with E-state index in [2.05, 4.69) is 32.5 Å². The van der Waals surface area contributed by atoms with E-state index in [9.17, 15) is 24.0 Å². The Labute approximate surface area is 266 Å². The highest BCUT2D eigenvalue weighted by Crippen LogP contribution is 2.44. The molecule has 0 fully saturated rings. The number of ether oxygens (including phenoxy) is 2. The normalized spacial score (nSPS) is 12.0. The highest BCUT2D eigenvalue weighted by molar-refractivity contribution is 5.92. The number of hydrogen-bond acceptors (Lipinski definition) is 7. The van der Waals surface area contributed by atoms with Crippen molar-refractivity contribution < 1.29 is 33.4 Å². The Kier molecular flexibility index (Phi) is 12.3. The van der Waals surface area contributed by atoms with E-state index in [1.165, 1.54) is 0 Å². The van der Waals surface area contributed by atoms with Crippen LogP contribution in [-0.2, 0) is 35.1 Å². The van der Waals surface area contributed by atoms with Crippen LogP contribution in [0.5, 0.6) is 0 Å². The molecule has 1 aliphatic carbocycles. The number of amides is 5. The van der Waals surface area contributed by atoms with E-state index in [4.69, 9.17) is 15.9 Å². The standard InChI is InChI=1S/C34H35N5O7/c1-2-16-45-22-38-31(41)18-36-33(43)29(17-23-10-4-3-5-11-23)39-32(42)20-35-30(40)19-37-34(44)46-21-28-26-14-8-6-12-24(26)25-13-7-9-15-27(25)28/h1,3-15,28-29H,16-22H2,(H,35,40)(H,36,43)(H,37,44)(H,38,41)(H,39,42). The van der Waals surface area contributed by atoms with Gasteiger partial charge in [-0.15, -0.1) is 6.42 Å². The summed E-state index contributed by atoms with van der Waals surface area (Å²) in [7, 11) is 0. The number of alkyl carbamates (subject to hydrolysis) is 1. The van der Waals surface area contributed by atoms with E-state index in [1.54, 1.807) is 24.3 Å². The van der Waals surface area contributed by atoms with Gasteiger partial charge in [-0.05, 0) is 27.8 Å². The number of carbonyl (C=O) groups is 5. The van der Waals surface area contributed by atoms with Crippen LogP contribution >= 0.6 is 0 Å². The minimum absolute atomic E-state index is 0.0276. The average Bonchev–Trinajstić information content (AvgIpc) is 3.40. The van der Waals surface area contributed by atoms with Crippen LogP contribution in [0.15, 0.2) is 78.9 Å². The molecule has 0 aliphatic heterocycles. The molecule has 0 spiro atoms. The monoisotopic (exact) mass is 625 g/mol. The number of fused-ring (bicyclic) bond motifs is 3. The Bertz CT molecular complexity index is 1540. The summed E-state index contributed by atoms with van der Waals surface area (Å²) in [5.41, 5.74) is 5.09. The maximum atomic E-state index is 12.9. The van der Waals surface area contributed by atoms with Crippen LogP contribution in [0, 0.1) is 12.3 Å².